The molecule has 0 amide bonds. The first-order chi connectivity index (χ1) is 41.7. The molecule has 0 N–H and O–H groups in total. The summed E-state index contributed by atoms with van der Waals surface area (Å²) in [5, 5.41) is 13.9. The van der Waals surface area contributed by atoms with Crippen molar-refractivity contribution in [2.75, 3.05) is 9.80 Å². The molecule has 0 saturated heterocycles. The zero-order valence-corrected chi connectivity index (χ0v) is 45.2. The normalized spacial score (nSPS) is 12.3. The van der Waals surface area contributed by atoms with Crippen LogP contribution in [0.3, 0.4) is 0 Å². The highest BCUT2D eigenvalue weighted by atomic mass is 16.3. The summed E-state index contributed by atoms with van der Waals surface area (Å²) < 4.78 is 18.9. The van der Waals surface area contributed by atoms with E-state index in [4.69, 9.17) is 8.83 Å². The van der Waals surface area contributed by atoms with Crippen LogP contribution in [-0.2, 0) is 0 Å². The van der Waals surface area contributed by atoms with Crippen molar-refractivity contribution in [3.63, 3.8) is 0 Å². The zero-order chi connectivity index (χ0) is 54.7. The minimum absolute atomic E-state index is 0.847. The van der Waals surface area contributed by atoms with Crippen LogP contribution in [0, 0.1) is 0 Å². The van der Waals surface area contributed by atoms with E-state index in [9.17, 15) is 0 Å². The number of benzene rings is 13. The van der Waals surface area contributed by atoms with Crippen LogP contribution in [0.4, 0.5) is 34.1 Å². The van der Waals surface area contributed by atoms with Crippen molar-refractivity contribution in [2.24, 2.45) is 0 Å². The molecule has 0 fully saturated rings. The van der Waals surface area contributed by atoms with E-state index in [1.807, 2.05) is 0 Å². The van der Waals surface area contributed by atoms with Crippen LogP contribution in [0.2, 0.25) is 0 Å². The van der Waals surface area contributed by atoms with E-state index < -0.39 is 0 Å². The predicted octanol–water partition coefficient (Wildman–Crippen LogP) is 22.1. The molecule has 0 aliphatic carbocycles. The van der Waals surface area contributed by atoms with Gasteiger partial charge >= 0.3 is 0 Å². The second-order valence-corrected chi connectivity index (χ2v) is 22.2. The van der Waals surface area contributed by atoms with Crippen molar-refractivity contribution in [2.45, 2.75) is 0 Å². The van der Waals surface area contributed by atoms with Crippen LogP contribution < -0.4 is 9.80 Å². The Hall–Kier alpha value is -11.3. The molecule has 6 nitrogen and oxygen atoms in total. The maximum atomic E-state index is 6.93. The fourth-order valence-electron chi connectivity index (χ4n) is 14.5. The smallest absolute Gasteiger partial charge is 0.159 e. The molecule has 19 rings (SSSR count). The molecule has 0 spiro atoms. The van der Waals surface area contributed by atoms with Crippen LogP contribution in [0.1, 0.15) is 0 Å². The van der Waals surface area contributed by atoms with Gasteiger partial charge in [0.25, 0.3) is 0 Å². The Morgan fingerprint density at radius 3 is 1.07 bits per heavy atom. The monoisotopic (exact) mass is 1070 g/mol. The van der Waals surface area contributed by atoms with Gasteiger partial charge in [-0.3, -0.25) is 0 Å². The predicted molar refractivity (Wildman–Crippen MR) is 351 cm³/mol. The maximum absolute atomic E-state index is 6.93. The molecule has 0 unspecified atom stereocenters. The fourth-order valence-corrected chi connectivity index (χ4v) is 14.5. The third kappa shape index (κ3) is 6.12. The number of hydrogen-bond acceptors (Lipinski definition) is 4. The third-order valence-corrected chi connectivity index (χ3v) is 18.0. The van der Waals surface area contributed by atoms with E-state index in [0.717, 1.165) is 111 Å². The summed E-state index contributed by atoms with van der Waals surface area (Å²) in [7, 11) is 0. The van der Waals surface area contributed by atoms with Gasteiger partial charge in [0.05, 0.1) is 67.2 Å². The quantitative estimate of drug-likeness (QED) is 0.152. The lowest BCUT2D eigenvalue weighted by Gasteiger charge is -2.28. The number of aromatic nitrogens is 2. The van der Waals surface area contributed by atoms with E-state index in [2.05, 4.69) is 298 Å². The first-order valence-corrected chi connectivity index (χ1v) is 28.7. The molecule has 6 heterocycles. The van der Waals surface area contributed by atoms with Crippen LogP contribution in [0.25, 0.3) is 142 Å². The van der Waals surface area contributed by atoms with E-state index >= 15 is 0 Å². The summed E-state index contributed by atoms with van der Waals surface area (Å²) in [5.74, 6) is 0. The lowest BCUT2D eigenvalue weighted by Crippen LogP contribution is -2.12. The Bertz CT molecular complexity index is 5520. The lowest BCUT2D eigenvalue weighted by atomic mass is 9.99. The largest absolute Gasteiger partial charge is 0.454 e. The summed E-state index contributed by atoms with van der Waals surface area (Å²) in [4.78, 5) is 4.91. The van der Waals surface area contributed by atoms with Crippen LogP contribution in [0.15, 0.2) is 288 Å². The SMILES string of the molecule is c1ccc(-c2ccccc2N(c2cccc3c2oc2ccccc23)c2ccc3c4cc5c(cc4n4c6ccccc6c2c34)c2ccc(N(c3ccccc3-c3ccccc3)c3cccc4c3oc3ccccc34)c3c4ccccc4n5c23)cc1. The molecule has 0 aliphatic rings. The van der Waals surface area contributed by atoms with Gasteiger partial charge in [-0.2, -0.15) is 0 Å². The summed E-state index contributed by atoms with van der Waals surface area (Å²) in [6, 6.07) is 101. The highest BCUT2D eigenvalue weighted by Gasteiger charge is 2.31. The summed E-state index contributed by atoms with van der Waals surface area (Å²) >= 11 is 0. The molecule has 6 heteroatoms. The number of para-hydroxylation sites is 8. The Kier molecular flexibility index (Phi) is 9.24. The van der Waals surface area contributed by atoms with Crippen LogP contribution in [0.5, 0.6) is 0 Å². The molecule has 0 saturated carbocycles. The van der Waals surface area contributed by atoms with Crippen LogP contribution >= 0.6 is 0 Å². The van der Waals surface area contributed by atoms with Crippen molar-refractivity contribution in [3.8, 4) is 22.3 Å². The average Bonchev–Trinajstić information content (AvgIpc) is 4.03. The van der Waals surface area contributed by atoms with E-state index in [1.54, 1.807) is 0 Å². The van der Waals surface area contributed by atoms with Crippen molar-refractivity contribution >= 4 is 154 Å². The zero-order valence-electron chi connectivity index (χ0n) is 45.2. The van der Waals surface area contributed by atoms with E-state index in [1.165, 1.54) is 65.2 Å². The molecule has 84 heavy (non-hydrogen) atoms. The van der Waals surface area contributed by atoms with E-state index in [-0.39, 0.29) is 0 Å². The molecular weight excluding hydrogens is 1020 g/mol. The van der Waals surface area contributed by atoms with Gasteiger partial charge < -0.3 is 27.4 Å². The van der Waals surface area contributed by atoms with Gasteiger partial charge in [-0.25, -0.2) is 0 Å². The van der Waals surface area contributed by atoms with Gasteiger partial charge in [-0.05, 0) is 83.9 Å². The molecular formula is C78H46N4O2. The minimum Gasteiger partial charge on any atom is -0.454 e. The van der Waals surface area contributed by atoms with Gasteiger partial charge in [-0.15, -0.1) is 0 Å². The average molecular weight is 1070 g/mol. The van der Waals surface area contributed by atoms with Crippen molar-refractivity contribution in [1.29, 1.82) is 0 Å². The molecule has 0 radical (unpaired) electrons. The van der Waals surface area contributed by atoms with Crippen molar-refractivity contribution in [1.82, 2.24) is 8.80 Å². The number of hydrogen-bond donors (Lipinski definition) is 0. The Balaban J connectivity index is 0.894. The minimum atomic E-state index is 0.847. The Morgan fingerprint density at radius 1 is 0.238 bits per heavy atom. The summed E-state index contributed by atoms with van der Waals surface area (Å²) in [6.45, 7) is 0. The Labute approximate surface area is 480 Å². The number of rotatable bonds is 8. The third-order valence-electron chi connectivity index (χ3n) is 18.0. The molecule has 13 aromatic carbocycles. The lowest BCUT2D eigenvalue weighted by molar-refractivity contribution is 0.669. The molecule has 0 bridgehead atoms. The van der Waals surface area contributed by atoms with Crippen LogP contribution in [-0.4, -0.2) is 8.80 Å². The second kappa shape index (κ2) is 17.1. The maximum Gasteiger partial charge on any atom is 0.159 e. The Morgan fingerprint density at radius 2 is 0.607 bits per heavy atom. The van der Waals surface area contributed by atoms with Crippen molar-refractivity contribution in [3.05, 3.63) is 279 Å². The molecule has 390 valence electrons. The molecule has 0 aliphatic heterocycles. The number of anilines is 6. The van der Waals surface area contributed by atoms with Gasteiger partial charge in [0.2, 0.25) is 0 Å². The first kappa shape index (κ1) is 45.4. The fraction of sp³-hybridized carbons (Fsp3) is 0. The van der Waals surface area contributed by atoms with Crippen molar-refractivity contribution < 1.29 is 8.83 Å². The van der Waals surface area contributed by atoms with Gasteiger partial charge in [0.15, 0.2) is 11.2 Å². The second-order valence-electron chi connectivity index (χ2n) is 22.2. The number of furan rings is 2. The standard InChI is InChI=1S/C78H46N4O2/c1-3-21-47(22-4-1)49-25-7-13-33-61(49)79(67-37-19-31-55-51-27-11-17-39-71(51)83-77(55)67)65-43-41-53-59-45-70-60(46-69(59)81-63-35-15-9-29-57(63)73(65)75(53)81)54-42-44-66(74-58-30-10-16-36-64(58)82(70)76(54)74)80(62-34-14-8-26-50(62)48-23-5-2-6-24-48)68-38-20-32-56-52-28-12-18-40-72(52)84-78(56)68/h1-46H. The first-order valence-electron chi connectivity index (χ1n) is 28.7. The highest BCUT2D eigenvalue weighted by molar-refractivity contribution is 6.33. The summed E-state index contributed by atoms with van der Waals surface area (Å²) in [5.41, 5.74) is 21.3. The number of fused-ring (bicyclic) bond motifs is 18. The molecule has 6 aromatic heterocycles. The van der Waals surface area contributed by atoms with Gasteiger partial charge in [-0.1, -0.05) is 206 Å². The van der Waals surface area contributed by atoms with Gasteiger partial charge in [0, 0.05) is 75.8 Å². The topological polar surface area (TPSA) is 41.6 Å². The number of nitrogens with zero attached hydrogens (tertiary/aromatic N) is 4. The van der Waals surface area contributed by atoms with E-state index in [0.29, 0.717) is 0 Å². The highest BCUT2D eigenvalue weighted by Crippen LogP contribution is 2.54. The molecule has 19 aromatic rings. The summed E-state index contributed by atoms with van der Waals surface area (Å²) in [6.07, 6.45) is 0. The molecule has 0 atom stereocenters. The van der Waals surface area contributed by atoms with Gasteiger partial charge in [0.1, 0.15) is 11.2 Å².